The van der Waals surface area contributed by atoms with Crippen LogP contribution in [0.2, 0.25) is 0 Å². The van der Waals surface area contributed by atoms with E-state index in [1.807, 2.05) is 51.9 Å². The molecule has 0 saturated heterocycles. The minimum Gasteiger partial charge on any atom is -0.791 e. The number of fused-ring (bicyclic) bond motifs is 4. The highest BCUT2D eigenvalue weighted by Gasteiger charge is 2.25. The molecule has 3 heterocycles. The first-order chi connectivity index (χ1) is 12.3. The normalized spacial score (nSPS) is 13.0. The van der Waals surface area contributed by atoms with Gasteiger partial charge in [0.25, 0.3) is 4.34 Å². The molecule has 2 aromatic carbocycles. The third-order valence-electron chi connectivity index (χ3n) is 4.04. The van der Waals surface area contributed by atoms with Crippen molar-refractivity contribution in [1.82, 2.24) is 4.57 Å². The van der Waals surface area contributed by atoms with Gasteiger partial charge in [0.1, 0.15) is 4.70 Å². The van der Waals surface area contributed by atoms with E-state index in [0.29, 0.717) is 10.6 Å². The molecule has 0 fully saturated rings. The topological polar surface area (TPSA) is 32.7 Å². The summed E-state index contributed by atoms with van der Waals surface area (Å²) in [6, 6.07) is 16.7. The molecular weight excluding hydrogens is 386 g/mol. The average Bonchev–Trinajstić information content (AvgIpc) is 3.29. The van der Waals surface area contributed by atoms with E-state index in [2.05, 4.69) is 28.8 Å². The Hall–Kier alpha value is -1.28. The van der Waals surface area contributed by atoms with Crippen LogP contribution in [0.3, 0.4) is 0 Å². The quantitative estimate of drug-likeness (QED) is 0.405. The molecule has 25 heavy (non-hydrogen) atoms. The van der Waals surface area contributed by atoms with Crippen LogP contribution in [0, 0.1) is 5.41 Å². The summed E-state index contributed by atoms with van der Waals surface area (Å²) in [6.07, 6.45) is 0. The lowest BCUT2D eigenvalue weighted by molar-refractivity contribution is -0.692. The minimum atomic E-state index is 0.589. The second kappa shape index (κ2) is 7.53. The smallest absolute Gasteiger partial charge is 0.298 e. The molecule has 1 N–H and O–H groups in total. The first kappa shape index (κ1) is 17.1. The largest absolute Gasteiger partial charge is 0.791 e. The number of aromatic nitrogens is 2. The maximum atomic E-state index is 7.74. The van der Waals surface area contributed by atoms with E-state index in [0.717, 1.165) is 16.8 Å². The lowest BCUT2D eigenvalue weighted by Gasteiger charge is -2.06. The summed E-state index contributed by atoms with van der Waals surface area (Å²) in [5.74, 6) is 1.91. The summed E-state index contributed by atoms with van der Waals surface area (Å²) in [4.78, 5) is 0.589. The maximum absolute atomic E-state index is 7.74. The van der Waals surface area contributed by atoms with Crippen LogP contribution in [0.4, 0.5) is 0 Å². The third kappa shape index (κ3) is 3.38. The Labute approximate surface area is 163 Å². The van der Waals surface area contributed by atoms with Crippen LogP contribution in [0.25, 0.3) is 20.4 Å². The standard InChI is InChI=1S/C9H10N2S2.C9H8NS2/c10-9-11(5-6-12)7-3-1-2-4-8(7)13-9;1-2-4-8-7(3-1)10-5-6-11-9(10)12-8/h1-4,10,12H,5-6H2;1-4H,5-6H2/q;+1/p-1. The molecule has 7 heteroatoms. The van der Waals surface area contributed by atoms with Crippen molar-refractivity contribution in [3.63, 3.8) is 0 Å². The van der Waals surface area contributed by atoms with E-state index in [9.17, 15) is 0 Å². The molecule has 0 amide bonds. The van der Waals surface area contributed by atoms with Crippen molar-refractivity contribution < 1.29 is 4.57 Å². The predicted molar refractivity (Wildman–Crippen MR) is 111 cm³/mol. The van der Waals surface area contributed by atoms with Crippen molar-refractivity contribution in [2.24, 2.45) is 0 Å². The van der Waals surface area contributed by atoms with Crippen LogP contribution < -0.4 is 9.37 Å². The SMILES string of the molecule is N=c1sc2ccccc2n1CC[S-].c1ccc2c(c1)sc1[n+]2CCS1. The number of rotatable bonds is 2. The molecule has 0 unspecified atom stereocenters. The Bertz CT molecular complexity index is 1080. The monoisotopic (exact) mass is 403 g/mol. The second-order valence-corrected chi connectivity index (χ2v) is 9.38. The summed E-state index contributed by atoms with van der Waals surface area (Å²) in [6.45, 7) is 1.95. The van der Waals surface area contributed by atoms with Crippen molar-refractivity contribution in [2.75, 3.05) is 11.5 Å². The summed E-state index contributed by atoms with van der Waals surface area (Å²) < 4.78 is 8.43. The van der Waals surface area contributed by atoms with Crippen LogP contribution in [0.1, 0.15) is 0 Å². The lowest BCUT2D eigenvalue weighted by atomic mass is 10.3. The first-order valence-electron chi connectivity index (χ1n) is 8.03. The number of hydrogen-bond acceptors (Lipinski definition) is 5. The highest BCUT2D eigenvalue weighted by Crippen LogP contribution is 2.31. The van der Waals surface area contributed by atoms with Crippen molar-refractivity contribution >= 4 is 67.5 Å². The van der Waals surface area contributed by atoms with Crippen molar-refractivity contribution in [3.05, 3.63) is 53.3 Å². The molecule has 2 aromatic heterocycles. The van der Waals surface area contributed by atoms with E-state index >= 15 is 0 Å². The molecule has 1 aliphatic heterocycles. The Morgan fingerprint density at radius 1 is 1.04 bits per heavy atom. The van der Waals surface area contributed by atoms with E-state index in [1.54, 1.807) is 0 Å². The summed E-state index contributed by atoms with van der Waals surface area (Å²) in [7, 11) is 0. The summed E-state index contributed by atoms with van der Waals surface area (Å²) in [5, 5.41) is 7.74. The number of aryl methyl sites for hydroxylation is 2. The van der Waals surface area contributed by atoms with Gasteiger partial charge in [0.15, 0.2) is 11.3 Å². The molecule has 3 nitrogen and oxygen atoms in total. The second-order valence-electron chi connectivity index (χ2n) is 5.57. The molecule has 5 rings (SSSR count). The predicted octanol–water partition coefficient (Wildman–Crippen LogP) is 4.02. The molecule has 128 valence electrons. The van der Waals surface area contributed by atoms with Crippen LogP contribution >= 0.6 is 34.4 Å². The van der Waals surface area contributed by atoms with Crippen molar-refractivity contribution in [3.8, 4) is 0 Å². The molecule has 0 bridgehead atoms. The van der Waals surface area contributed by atoms with Crippen LogP contribution in [0.15, 0.2) is 52.9 Å². The van der Waals surface area contributed by atoms with Gasteiger partial charge in [-0.15, -0.1) is 0 Å². The van der Waals surface area contributed by atoms with Gasteiger partial charge < -0.3 is 17.2 Å². The number of nitrogens with zero attached hydrogens (tertiary/aromatic N) is 2. The molecule has 4 aromatic rings. The zero-order chi connectivity index (χ0) is 17.2. The number of hydrogen-bond donors (Lipinski definition) is 1. The molecule has 0 spiro atoms. The van der Waals surface area contributed by atoms with Gasteiger partial charge in [0.05, 0.1) is 16.0 Å². The fourth-order valence-corrected chi connectivity index (χ4v) is 6.49. The average molecular weight is 404 g/mol. The van der Waals surface area contributed by atoms with Gasteiger partial charge >= 0.3 is 0 Å². The minimum absolute atomic E-state index is 0.589. The molecule has 0 radical (unpaired) electrons. The highest BCUT2D eigenvalue weighted by atomic mass is 32.2. The Balaban J connectivity index is 0.000000126. The van der Waals surface area contributed by atoms with E-state index in [4.69, 9.17) is 18.0 Å². The van der Waals surface area contributed by atoms with Gasteiger partial charge in [-0.1, -0.05) is 46.9 Å². The molecule has 0 saturated carbocycles. The third-order valence-corrected chi connectivity index (χ3v) is 7.62. The van der Waals surface area contributed by atoms with Gasteiger partial charge in [-0.3, -0.25) is 5.41 Å². The molecule has 0 atom stereocenters. The van der Waals surface area contributed by atoms with Crippen LogP contribution in [0.5, 0.6) is 0 Å². The van der Waals surface area contributed by atoms with Crippen LogP contribution in [-0.2, 0) is 25.7 Å². The van der Waals surface area contributed by atoms with Crippen molar-refractivity contribution in [2.45, 2.75) is 17.4 Å². The number of thioether (sulfide) groups is 1. The summed E-state index contributed by atoms with van der Waals surface area (Å²) in [5.41, 5.74) is 2.53. The van der Waals surface area contributed by atoms with Gasteiger partial charge in [0, 0.05) is 12.6 Å². The Morgan fingerprint density at radius 3 is 2.64 bits per heavy atom. The lowest BCUT2D eigenvalue weighted by Crippen LogP contribution is -2.30. The van der Waals surface area contributed by atoms with E-state index < -0.39 is 0 Å². The summed E-state index contributed by atoms with van der Waals surface area (Å²) >= 11 is 10.3. The number of para-hydroxylation sites is 2. The van der Waals surface area contributed by atoms with Gasteiger partial charge in [-0.05, 0) is 30.0 Å². The Kier molecular flexibility index (Phi) is 5.17. The van der Waals surface area contributed by atoms with Gasteiger partial charge in [-0.25, -0.2) is 0 Å². The number of benzene rings is 2. The molecular formula is C18H17N3S4. The van der Waals surface area contributed by atoms with E-state index in [-0.39, 0.29) is 0 Å². The van der Waals surface area contributed by atoms with Gasteiger partial charge in [-0.2, -0.15) is 10.3 Å². The van der Waals surface area contributed by atoms with Crippen LogP contribution in [-0.4, -0.2) is 16.1 Å². The Morgan fingerprint density at radius 2 is 1.80 bits per heavy atom. The number of nitrogens with one attached hydrogen (secondary N) is 1. The molecule has 1 aliphatic rings. The fourth-order valence-electron chi connectivity index (χ4n) is 2.91. The zero-order valence-electron chi connectivity index (χ0n) is 13.5. The molecule has 0 aliphatic carbocycles. The van der Waals surface area contributed by atoms with Crippen molar-refractivity contribution in [1.29, 1.82) is 5.41 Å². The highest BCUT2D eigenvalue weighted by molar-refractivity contribution is 8.01. The zero-order valence-corrected chi connectivity index (χ0v) is 16.7. The van der Waals surface area contributed by atoms with E-state index in [1.165, 1.54) is 38.2 Å². The number of thiazole rings is 2. The first-order valence-corrected chi connectivity index (χ1v) is 11.2. The fraction of sp³-hybridized carbons (Fsp3) is 0.222. The maximum Gasteiger partial charge on any atom is 0.298 e. The van der Waals surface area contributed by atoms with Gasteiger partial charge in [0.2, 0.25) is 5.52 Å².